The van der Waals surface area contributed by atoms with Gasteiger partial charge in [0.1, 0.15) is 6.04 Å². The molecule has 0 aliphatic carbocycles. The number of hydrogen-bond acceptors (Lipinski definition) is 6. The van der Waals surface area contributed by atoms with Gasteiger partial charge < -0.3 is 19.9 Å². The van der Waals surface area contributed by atoms with Crippen LogP contribution in [0, 0.1) is 0 Å². The number of nitrogens with zero attached hydrogens (tertiary/aromatic N) is 1. The Morgan fingerprint density at radius 2 is 2.11 bits per heavy atom. The summed E-state index contributed by atoms with van der Waals surface area (Å²) in [6, 6.07) is -0.890. The minimum Gasteiger partial charge on any atom is -0.480 e. The van der Waals surface area contributed by atoms with E-state index in [1.165, 1.54) is 7.11 Å². The summed E-state index contributed by atoms with van der Waals surface area (Å²) in [5.41, 5.74) is 0. The molecule has 104 valence electrons. The average molecular weight is 260 g/mol. The zero-order valence-corrected chi connectivity index (χ0v) is 10.6. The third-order valence-electron chi connectivity index (χ3n) is 2.82. The first-order chi connectivity index (χ1) is 8.63. The van der Waals surface area contributed by atoms with Gasteiger partial charge in [-0.05, 0) is 0 Å². The third kappa shape index (κ3) is 5.44. The summed E-state index contributed by atoms with van der Waals surface area (Å²) in [5, 5.41) is 11.8. The van der Waals surface area contributed by atoms with Crippen LogP contribution in [0.5, 0.6) is 0 Å². The molecule has 0 bridgehead atoms. The second-order valence-corrected chi connectivity index (χ2v) is 4.08. The largest absolute Gasteiger partial charge is 0.480 e. The van der Waals surface area contributed by atoms with Gasteiger partial charge in [-0.3, -0.25) is 14.5 Å². The van der Waals surface area contributed by atoms with E-state index < -0.39 is 18.0 Å². The van der Waals surface area contributed by atoms with E-state index in [2.05, 4.69) is 15.0 Å². The predicted molar refractivity (Wildman–Crippen MR) is 63.3 cm³/mol. The molecule has 7 heteroatoms. The minimum absolute atomic E-state index is 0.158. The van der Waals surface area contributed by atoms with Crippen LogP contribution < -0.4 is 5.32 Å². The molecule has 1 saturated heterocycles. The highest BCUT2D eigenvalue weighted by atomic mass is 16.5. The van der Waals surface area contributed by atoms with E-state index in [4.69, 9.17) is 9.84 Å². The van der Waals surface area contributed by atoms with Gasteiger partial charge >= 0.3 is 11.9 Å². The third-order valence-corrected chi connectivity index (χ3v) is 2.82. The normalized spacial score (nSPS) is 18.3. The van der Waals surface area contributed by atoms with Gasteiger partial charge in [-0.2, -0.15) is 0 Å². The van der Waals surface area contributed by atoms with Crippen molar-refractivity contribution in [2.45, 2.75) is 12.5 Å². The molecular weight excluding hydrogens is 240 g/mol. The number of carbonyl (C=O) groups is 2. The zero-order valence-electron chi connectivity index (χ0n) is 10.6. The molecule has 2 N–H and O–H groups in total. The van der Waals surface area contributed by atoms with Crippen molar-refractivity contribution < 1.29 is 24.2 Å². The number of ether oxygens (including phenoxy) is 2. The smallest absolute Gasteiger partial charge is 0.321 e. The van der Waals surface area contributed by atoms with Crippen molar-refractivity contribution >= 4 is 11.9 Å². The van der Waals surface area contributed by atoms with E-state index in [1.54, 1.807) is 0 Å². The summed E-state index contributed by atoms with van der Waals surface area (Å²) in [6.45, 7) is 4.41. The lowest BCUT2D eigenvalue weighted by Crippen LogP contribution is -2.45. The molecular formula is C11H20N2O5. The molecule has 1 atom stereocenters. The Bertz CT molecular complexity index is 279. The molecule has 0 aromatic carbocycles. The van der Waals surface area contributed by atoms with E-state index in [9.17, 15) is 9.59 Å². The highest BCUT2D eigenvalue weighted by Gasteiger charge is 2.21. The van der Waals surface area contributed by atoms with Crippen molar-refractivity contribution in [2.24, 2.45) is 0 Å². The fourth-order valence-electron chi connectivity index (χ4n) is 1.72. The van der Waals surface area contributed by atoms with Crippen molar-refractivity contribution in [3.8, 4) is 0 Å². The fourth-order valence-corrected chi connectivity index (χ4v) is 1.72. The van der Waals surface area contributed by atoms with Crippen molar-refractivity contribution in [2.75, 3.05) is 46.5 Å². The lowest BCUT2D eigenvalue weighted by molar-refractivity contribution is -0.147. The molecule has 1 aliphatic rings. The Morgan fingerprint density at radius 1 is 1.44 bits per heavy atom. The van der Waals surface area contributed by atoms with Gasteiger partial charge in [0.2, 0.25) is 0 Å². The van der Waals surface area contributed by atoms with Gasteiger partial charge in [-0.1, -0.05) is 0 Å². The fraction of sp³-hybridized carbons (Fsp3) is 0.818. The number of nitrogens with one attached hydrogen (secondary N) is 1. The number of methoxy groups -OCH3 is 1. The molecule has 1 rings (SSSR count). The lowest BCUT2D eigenvalue weighted by Gasteiger charge is -2.27. The van der Waals surface area contributed by atoms with Crippen LogP contribution in [0.15, 0.2) is 0 Å². The number of aliphatic carboxylic acids is 1. The average Bonchev–Trinajstić information content (AvgIpc) is 2.38. The molecule has 1 fully saturated rings. The van der Waals surface area contributed by atoms with E-state index in [0.29, 0.717) is 19.8 Å². The topological polar surface area (TPSA) is 88.1 Å². The summed E-state index contributed by atoms with van der Waals surface area (Å²) in [4.78, 5) is 24.2. The molecule has 0 saturated carbocycles. The quantitative estimate of drug-likeness (QED) is 0.563. The summed E-state index contributed by atoms with van der Waals surface area (Å²) < 4.78 is 9.67. The molecule has 1 heterocycles. The predicted octanol–water partition coefficient (Wildman–Crippen LogP) is -1.08. The first kappa shape index (κ1) is 14.9. The Hall–Kier alpha value is -1.18. The number of hydrogen-bond donors (Lipinski definition) is 2. The molecule has 0 spiro atoms. The van der Waals surface area contributed by atoms with Gasteiger partial charge in [0, 0.05) is 26.2 Å². The maximum atomic E-state index is 11.0. The van der Waals surface area contributed by atoms with E-state index in [0.717, 1.165) is 19.6 Å². The number of carbonyl (C=O) groups excluding carboxylic acids is 1. The van der Waals surface area contributed by atoms with E-state index in [1.807, 2.05) is 0 Å². The van der Waals surface area contributed by atoms with Gasteiger partial charge in [0.25, 0.3) is 0 Å². The van der Waals surface area contributed by atoms with Crippen LogP contribution in [0.2, 0.25) is 0 Å². The van der Waals surface area contributed by atoms with Crippen LogP contribution >= 0.6 is 0 Å². The van der Waals surface area contributed by atoms with Gasteiger partial charge in [-0.25, -0.2) is 0 Å². The summed E-state index contributed by atoms with van der Waals surface area (Å²) in [5.74, 6) is -1.57. The van der Waals surface area contributed by atoms with Gasteiger partial charge in [0.05, 0.1) is 26.7 Å². The first-order valence-corrected chi connectivity index (χ1v) is 5.96. The Morgan fingerprint density at radius 3 is 2.67 bits per heavy atom. The summed E-state index contributed by atoms with van der Waals surface area (Å²) >= 11 is 0. The minimum atomic E-state index is -1.04. The molecule has 18 heavy (non-hydrogen) atoms. The number of morpholine rings is 1. The number of carboxylic acids is 1. The molecule has 1 unspecified atom stereocenters. The molecule has 1 aliphatic heterocycles. The van der Waals surface area contributed by atoms with E-state index >= 15 is 0 Å². The first-order valence-electron chi connectivity index (χ1n) is 5.96. The van der Waals surface area contributed by atoms with Crippen LogP contribution in [0.1, 0.15) is 6.42 Å². The molecule has 7 nitrogen and oxygen atoms in total. The number of rotatable bonds is 7. The van der Waals surface area contributed by atoms with Crippen LogP contribution in [0.3, 0.4) is 0 Å². The number of carboxylic acid groups (broad SMARTS) is 1. The van der Waals surface area contributed by atoms with Crippen molar-refractivity contribution in [1.82, 2.24) is 10.2 Å². The lowest BCUT2D eigenvalue weighted by atomic mass is 10.2. The SMILES string of the molecule is COC(=O)CC(NCCN1CCOCC1)C(=O)O. The second kappa shape index (κ2) is 8.02. The maximum Gasteiger partial charge on any atom is 0.321 e. The van der Waals surface area contributed by atoms with Crippen molar-refractivity contribution in [3.63, 3.8) is 0 Å². The van der Waals surface area contributed by atoms with Gasteiger partial charge in [0.15, 0.2) is 0 Å². The molecule has 0 aromatic rings. The molecule has 0 amide bonds. The van der Waals surface area contributed by atoms with Crippen LogP contribution in [-0.4, -0.2) is 74.5 Å². The van der Waals surface area contributed by atoms with Crippen LogP contribution in [-0.2, 0) is 19.1 Å². The van der Waals surface area contributed by atoms with E-state index in [-0.39, 0.29) is 6.42 Å². The monoisotopic (exact) mass is 260 g/mol. The Balaban J connectivity index is 2.24. The highest BCUT2D eigenvalue weighted by Crippen LogP contribution is 1.97. The van der Waals surface area contributed by atoms with Crippen LogP contribution in [0.4, 0.5) is 0 Å². The molecule has 0 radical (unpaired) electrons. The summed E-state index contributed by atoms with van der Waals surface area (Å²) in [6.07, 6.45) is -0.158. The maximum absolute atomic E-state index is 11.0. The van der Waals surface area contributed by atoms with Crippen molar-refractivity contribution in [1.29, 1.82) is 0 Å². The Kier molecular flexibility index (Phi) is 6.63. The zero-order chi connectivity index (χ0) is 13.4. The number of esters is 1. The highest BCUT2D eigenvalue weighted by molar-refractivity contribution is 5.81. The molecule has 0 aromatic heterocycles. The summed E-state index contributed by atoms with van der Waals surface area (Å²) in [7, 11) is 1.25. The second-order valence-electron chi connectivity index (χ2n) is 4.08. The Labute approximate surface area is 106 Å². The van der Waals surface area contributed by atoms with Crippen molar-refractivity contribution in [3.05, 3.63) is 0 Å². The standard InChI is InChI=1S/C11H20N2O5/c1-17-10(14)8-9(11(15)16)12-2-3-13-4-6-18-7-5-13/h9,12H,2-8H2,1H3,(H,15,16). The van der Waals surface area contributed by atoms with Gasteiger partial charge in [-0.15, -0.1) is 0 Å². The van der Waals surface area contributed by atoms with Crippen LogP contribution in [0.25, 0.3) is 0 Å².